The van der Waals surface area contributed by atoms with Crippen molar-refractivity contribution in [2.45, 2.75) is 63.7 Å². The topological polar surface area (TPSA) is 98.2 Å². The fourth-order valence-electron chi connectivity index (χ4n) is 5.44. The van der Waals surface area contributed by atoms with Gasteiger partial charge in [-0.15, -0.1) is 0 Å². The van der Waals surface area contributed by atoms with Crippen LogP contribution in [-0.2, 0) is 15.8 Å². The maximum Gasteiger partial charge on any atom is 0.417 e. The Bertz CT molecular complexity index is 1480. The van der Waals surface area contributed by atoms with Gasteiger partial charge in [0.15, 0.2) is 0 Å². The van der Waals surface area contributed by atoms with Gasteiger partial charge in [-0.2, -0.15) is 13.2 Å². The van der Waals surface area contributed by atoms with Crippen LogP contribution in [0.2, 0.25) is 5.02 Å². The molecule has 2 aromatic rings. The predicted molar refractivity (Wildman–Crippen MR) is 151 cm³/mol. The minimum Gasteiger partial charge on any atom is -0.380 e. The zero-order valence-corrected chi connectivity index (χ0v) is 23.6. The van der Waals surface area contributed by atoms with Gasteiger partial charge in [0.2, 0.25) is 11.8 Å². The lowest BCUT2D eigenvalue weighted by atomic mass is 9.91. The Balaban J connectivity index is 1.54. The summed E-state index contributed by atoms with van der Waals surface area (Å²) in [6, 6.07) is 4.82. The van der Waals surface area contributed by atoms with E-state index in [-0.39, 0.29) is 36.4 Å². The van der Waals surface area contributed by atoms with E-state index in [1.54, 1.807) is 25.3 Å². The standard InChI is InChI=1S/C30H30ClF4N5O2/c1-16-3-2-4-24(22-13-18(9-11-37-22)28(38-19-5-6-19)23(15-36)39-29(16)42)40-12-10-17(14-25(40)41)26-20(30(33,34)35)7-8-21(31)27(26)32/h7-9,11,13-16,19,24,36,38H,2-6,10,12H2,1H3,(H,39,42)/b28-23+,36-15?. The van der Waals surface area contributed by atoms with Crippen molar-refractivity contribution in [3.63, 3.8) is 0 Å². The molecule has 12 heteroatoms. The molecule has 0 saturated heterocycles. The van der Waals surface area contributed by atoms with E-state index in [0.717, 1.165) is 37.3 Å². The minimum absolute atomic E-state index is 0.0204. The molecule has 2 bridgehead atoms. The van der Waals surface area contributed by atoms with E-state index in [4.69, 9.17) is 17.0 Å². The van der Waals surface area contributed by atoms with Crippen molar-refractivity contribution in [2.24, 2.45) is 5.92 Å². The van der Waals surface area contributed by atoms with Crippen LogP contribution in [-0.4, -0.2) is 40.5 Å². The second-order valence-corrected chi connectivity index (χ2v) is 11.3. The van der Waals surface area contributed by atoms with Gasteiger partial charge < -0.3 is 20.9 Å². The van der Waals surface area contributed by atoms with Crippen LogP contribution in [0.3, 0.4) is 0 Å². The summed E-state index contributed by atoms with van der Waals surface area (Å²) in [6.45, 7) is 1.83. The van der Waals surface area contributed by atoms with E-state index in [1.807, 2.05) is 0 Å². The molecule has 0 radical (unpaired) electrons. The van der Waals surface area contributed by atoms with Gasteiger partial charge in [0, 0.05) is 48.1 Å². The number of carbonyl (C=O) groups excluding carboxylic acids is 2. The molecule has 1 aromatic heterocycles. The molecule has 42 heavy (non-hydrogen) atoms. The molecule has 222 valence electrons. The Morgan fingerprint density at radius 1 is 1.17 bits per heavy atom. The number of benzene rings is 1. The molecule has 3 N–H and O–H groups in total. The SMILES string of the molecule is CC1CCCC(N2CCC(c3c(C(F)(F)F)ccc(Cl)c3F)=CC2=O)c2cc(ccn2)/C(NC2CC2)=C(/C=N)NC1=O. The summed E-state index contributed by atoms with van der Waals surface area (Å²) in [5, 5.41) is 13.8. The summed E-state index contributed by atoms with van der Waals surface area (Å²) in [7, 11) is 0. The highest BCUT2D eigenvalue weighted by molar-refractivity contribution is 6.31. The molecule has 1 saturated carbocycles. The summed E-state index contributed by atoms with van der Waals surface area (Å²) in [6.07, 6.45) is 2.32. The molecule has 5 rings (SSSR count). The quantitative estimate of drug-likeness (QED) is 0.278. The number of hydrogen-bond acceptors (Lipinski definition) is 5. The maximum atomic E-state index is 14.9. The number of fused-ring (bicyclic) bond motifs is 2. The molecular formula is C30H30ClF4N5O2. The van der Waals surface area contributed by atoms with Gasteiger partial charge in [0.05, 0.1) is 33.7 Å². The third-order valence-corrected chi connectivity index (χ3v) is 8.16. The van der Waals surface area contributed by atoms with Gasteiger partial charge in [-0.1, -0.05) is 24.9 Å². The van der Waals surface area contributed by atoms with Crippen LogP contribution in [0, 0.1) is 17.1 Å². The maximum absolute atomic E-state index is 14.9. The lowest BCUT2D eigenvalue weighted by molar-refractivity contribution is -0.138. The first-order valence-electron chi connectivity index (χ1n) is 13.8. The number of carbonyl (C=O) groups is 2. The number of pyridine rings is 1. The Labute approximate surface area is 245 Å². The normalized spacial score (nSPS) is 23.9. The molecule has 2 unspecified atom stereocenters. The number of hydrogen-bond donors (Lipinski definition) is 3. The zero-order chi connectivity index (χ0) is 30.2. The Morgan fingerprint density at radius 2 is 1.93 bits per heavy atom. The van der Waals surface area contributed by atoms with Crippen LogP contribution in [0.25, 0.3) is 11.3 Å². The van der Waals surface area contributed by atoms with Crippen LogP contribution >= 0.6 is 11.6 Å². The Morgan fingerprint density at radius 3 is 2.60 bits per heavy atom. The fraction of sp³-hybridized carbons (Fsp3) is 0.400. The largest absolute Gasteiger partial charge is 0.417 e. The molecule has 3 heterocycles. The van der Waals surface area contributed by atoms with Crippen LogP contribution < -0.4 is 10.6 Å². The molecule has 7 nitrogen and oxygen atoms in total. The van der Waals surface area contributed by atoms with Gasteiger partial charge in [0.25, 0.3) is 0 Å². The number of allylic oxidation sites excluding steroid dienone is 1. The molecule has 2 atom stereocenters. The van der Waals surface area contributed by atoms with E-state index in [0.29, 0.717) is 41.9 Å². The smallest absolute Gasteiger partial charge is 0.380 e. The van der Waals surface area contributed by atoms with Crippen molar-refractivity contribution < 1.29 is 27.2 Å². The van der Waals surface area contributed by atoms with Gasteiger partial charge in [-0.05, 0) is 61.9 Å². The summed E-state index contributed by atoms with van der Waals surface area (Å²) in [5.41, 5.74) is 0.203. The Hall–Kier alpha value is -3.73. The van der Waals surface area contributed by atoms with Crippen LogP contribution in [0.5, 0.6) is 0 Å². The summed E-state index contributed by atoms with van der Waals surface area (Å²) >= 11 is 5.83. The minimum atomic E-state index is -4.84. The molecular weight excluding hydrogens is 574 g/mol. The first-order valence-corrected chi connectivity index (χ1v) is 14.2. The predicted octanol–water partition coefficient (Wildman–Crippen LogP) is 6.26. The number of alkyl halides is 3. The number of rotatable bonds is 5. The third kappa shape index (κ3) is 6.21. The summed E-state index contributed by atoms with van der Waals surface area (Å²) < 4.78 is 56.2. The van der Waals surface area contributed by atoms with E-state index in [2.05, 4.69) is 15.6 Å². The molecule has 3 aliphatic rings. The number of amides is 2. The number of nitrogens with one attached hydrogen (secondary N) is 3. The first-order chi connectivity index (χ1) is 20.0. The first kappa shape index (κ1) is 29.8. The van der Waals surface area contributed by atoms with Gasteiger partial charge in [-0.25, -0.2) is 4.39 Å². The van der Waals surface area contributed by atoms with E-state index < -0.39 is 40.1 Å². The van der Waals surface area contributed by atoms with Crippen LogP contribution in [0.1, 0.15) is 73.9 Å². The van der Waals surface area contributed by atoms with E-state index in [9.17, 15) is 27.2 Å². The molecule has 1 aliphatic carbocycles. The summed E-state index contributed by atoms with van der Waals surface area (Å²) in [4.78, 5) is 32.5. The lowest BCUT2D eigenvalue weighted by Crippen LogP contribution is -2.38. The number of halogens is 5. The molecule has 0 spiro atoms. The number of nitrogens with zero attached hydrogens (tertiary/aromatic N) is 2. The third-order valence-electron chi connectivity index (χ3n) is 7.87. The van der Waals surface area contributed by atoms with Crippen molar-refractivity contribution in [1.29, 1.82) is 5.41 Å². The van der Waals surface area contributed by atoms with E-state index >= 15 is 0 Å². The van der Waals surface area contributed by atoms with E-state index in [1.165, 1.54) is 4.90 Å². The summed E-state index contributed by atoms with van der Waals surface area (Å²) in [5.74, 6) is -2.37. The van der Waals surface area contributed by atoms with Crippen molar-refractivity contribution in [1.82, 2.24) is 20.5 Å². The van der Waals surface area contributed by atoms with Gasteiger partial charge in [0.1, 0.15) is 5.82 Å². The van der Waals surface area contributed by atoms with Gasteiger partial charge in [-0.3, -0.25) is 14.6 Å². The second kappa shape index (κ2) is 11.9. The average molecular weight is 604 g/mol. The lowest BCUT2D eigenvalue weighted by Gasteiger charge is -2.35. The second-order valence-electron chi connectivity index (χ2n) is 10.9. The fourth-order valence-corrected chi connectivity index (χ4v) is 5.59. The van der Waals surface area contributed by atoms with Crippen molar-refractivity contribution in [3.05, 3.63) is 75.5 Å². The molecule has 1 aromatic carbocycles. The number of aromatic nitrogens is 1. The average Bonchev–Trinajstić information content (AvgIpc) is 3.77. The highest BCUT2D eigenvalue weighted by Gasteiger charge is 2.38. The zero-order valence-electron chi connectivity index (χ0n) is 22.8. The van der Waals surface area contributed by atoms with Crippen molar-refractivity contribution in [3.8, 4) is 0 Å². The van der Waals surface area contributed by atoms with Crippen LogP contribution in [0.15, 0.2) is 42.2 Å². The monoisotopic (exact) mass is 603 g/mol. The van der Waals surface area contributed by atoms with Gasteiger partial charge >= 0.3 is 6.18 Å². The molecule has 2 aliphatic heterocycles. The van der Waals surface area contributed by atoms with Crippen LogP contribution in [0.4, 0.5) is 17.6 Å². The highest BCUT2D eigenvalue weighted by atomic mass is 35.5. The van der Waals surface area contributed by atoms with Crippen molar-refractivity contribution in [2.75, 3.05) is 6.54 Å². The molecule has 1 fully saturated rings. The Kier molecular flexibility index (Phi) is 8.41. The van der Waals surface area contributed by atoms with Crippen molar-refractivity contribution >= 4 is 40.9 Å². The molecule has 2 amide bonds. The highest BCUT2D eigenvalue weighted by Crippen LogP contribution is 2.41.